The third kappa shape index (κ3) is 3.89. The highest BCUT2D eigenvalue weighted by molar-refractivity contribution is 9.10. The van der Waals surface area contributed by atoms with Gasteiger partial charge in [0.05, 0.1) is 18.3 Å². The number of benzene rings is 2. The minimum absolute atomic E-state index is 0.0692. The predicted molar refractivity (Wildman–Crippen MR) is 137 cm³/mol. The molecule has 0 aliphatic heterocycles. The molecule has 0 atom stereocenters. The summed E-state index contributed by atoms with van der Waals surface area (Å²) in [6, 6.07) is 19.6. The quantitative estimate of drug-likeness (QED) is 0.327. The van der Waals surface area contributed by atoms with E-state index in [1.807, 2.05) is 61.5 Å². The number of fused-ring (bicyclic) bond motifs is 1. The lowest BCUT2D eigenvalue weighted by Crippen LogP contribution is -2.14. The number of aromatic amines is 1. The van der Waals surface area contributed by atoms with Gasteiger partial charge in [0.2, 0.25) is 0 Å². The van der Waals surface area contributed by atoms with Crippen LogP contribution < -0.4 is 0 Å². The number of aromatic nitrogens is 2. The van der Waals surface area contributed by atoms with Crippen molar-refractivity contribution in [3.05, 3.63) is 117 Å². The Labute approximate surface area is 201 Å². The maximum atomic E-state index is 13.6. The largest absolute Gasteiger partial charge is 0.496 e. The van der Waals surface area contributed by atoms with Crippen LogP contribution in [0.4, 0.5) is 0 Å². The summed E-state index contributed by atoms with van der Waals surface area (Å²) in [5.74, 6) is 0.699. The summed E-state index contributed by atoms with van der Waals surface area (Å²) in [6.45, 7) is 4.13. The summed E-state index contributed by atoms with van der Waals surface area (Å²) in [7, 11) is 1.67. The number of ether oxygens (including phenoxy) is 1. The standard InChI is InChI=1S/C28H23BrN2O2/c1-17-12-18(2)30-24(17)14-22-13-21(16-27(22)33-3)26-15-20-6-4-5-7-25(20)31(26)28(32)19-8-10-23(29)11-9-19/h4-16,30H,1-3H3/b22-14-. The minimum atomic E-state index is -0.0692. The molecule has 0 spiro atoms. The molecule has 1 N–H and O–H groups in total. The zero-order valence-corrected chi connectivity index (χ0v) is 20.2. The van der Waals surface area contributed by atoms with E-state index in [4.69, 9.17) is 4.74 Å². The Hall–Kier alpha value is -3.57. The summed E-state index contributed by atoms with van der Waals surface area (Å²) < 4.78 is 8.42. The summed E-state index contributed by atoms with van der Waals surface area (Å²) in [4.78, 5) is 17.0. The molecule has 0 radical (unpaired) electrons. The van der Waals surface area contributed by atoms with Gasteiger partial charge in [-0.3, -0.25) is 9.36 Å². The second-order valence-corrected chi connectivity index (χ2v) is 9.11. The van der Waals surface area contributed by atoms with Crippen LogP contribution in [-0.4, -0.2) is 22.6 Å². The Morgan fingerprint density at radius 3 is 2.48 bits per heavy atom. The maximum Gasteiger partial charge on any atom is 0.262 e. The fraction of sp³-hybridized carbons (Fsp3) is 0.107. The van der Waals surface area contributed by atoms with Gasteiger partial charge < -0.3 is 9.72 Å². The first kappa shape index (κ1) is 21.3. The molecule has 33 heavy (non-hydrogen) atoms. The van der Waals surface area contributed by atoms with Crippen molar-refractivity contribution in [3.63, 3.8) is 0 Å². The number of carbonyl (C=O) groups is 1. The van der Waals surface area contributed by atoms with Crippen molar-refractivity contribution in [1.82, 2.24) is 9.55 Å². The number of hydrogen-bond donors (Lipinski definition) is 1. The third-order valence-electron chi connectivity index (χ3n) is 5.89. The Morgan fingerprint density at radius 1 is 1.03 bits per heavy atom. The van der Waals surface area contributed by atoms with Crippen LogP contribution in [0.3, 0.4) is 0 Å². The van der Waals surface area contributed by atoms with Gasteiger partial charge in [-0.15, -0.1) is 0 Å². The molecule has 0 amide bonds. The first-order chi connectivity index (χ1) is 15.9. The molecule has 2 heterocycles. The van der Waals surface area contributed by atoms with E-state index in [0.29, 0.717) is 5.56 Å². The minimum Gasteiger partial charge on any atom is -0.496 e. The molecule has 0 fully saturated rings. The molecule has 2 aromatic heterocycles. The molecule has 0 saturated carbocycles. The van der Waals surface area contributed by atoms with Crippen molar-refractivity contribution in [2.24, 2.45) is 0 Å². The number of aryl methyl sites for hydroxylation is 2. The van der Waals surface area contributed by atoms with E-state index in [9.17, 15) is 4.79 Å². The second kappa shape index (κ2) is 8.41. The average Bonchev–Trinajstić information content (AvgIpc) is 3.48. The molecule has 0 bridgehead atoms. The third-order valence-corrected chi connectivity index (χ3v) is 6.42. The molecular weight excluding hydrogens is 476 g/mol. The molecule has 1 aliphatic rings. The lowest BCUT2D eigenvalue weighted by atomic mass is 10.1. The van der Waals surface area contributed by atoms with E-state index >= 15 is 0 Å². The van der Waals surface area contributed by atoms with Crippen LogP contribution in [0.2, 0.25) is 0 Å². The predicted octanol–water partition coefficient (Wildman–Crippen LogP) is 7.05. The number of nitrogens with one attached hydrogen (secondary N) is 1. The number of carbonyl (C=O) groups excluding carboxylic acids is 1. The van der Waals surface area contributed by atoms with E-state index < -0.39 is 0 Å². The second-order valence-electron chi connectivity index (χ2n) is 8.20. The Bertz CT molecular complexity index is 1480. The smallest absolute Gasteiger partial charge is 0.262 e. The average molecular weight is 499 g/mol. The van der Waals surface area contributed by atoms with Crippen LogP contribution in [0.15, 0.2) is 88.6 Å². The number of methoxy groups -OCH3 is 1. The summed E-state index contributed by atoms with van der Waals surface area (Å²) in [5.41, 5.74) is 7.58. The number of halogens is 1. The Morgan fingerprint density at radius 2 is 1.79 bits per heavy atom. The number of allylic oxidation sites excluding steroid dienone is 3. The van der Waals surface area contributed by atoms with Gasteiger partial charge in [0.1, 0.15) is 5.76 Å². The van der Waals surface area contributed by atoms with E-state index in [1.165, 1.54) is 5.56 Å². The van der Waals surface area contributed by atoms with Crippen molar-refractivity contribution in [3.8, 4) is 0 Å². The van der Waals surface area contributed by atoms with Gasteiger partial charge in [-0.05, 0) is 80.1 Å². The van der Waals surface area contributed by atoms with Gasteiger partial charge in [0.25, 0.3) is 5.91 Å². The maximum absolute atomic E-state index is 13.6. The van der Waals surface area contributed by atoms with Crippen LogP contribution >= 0.6 is 15.9 Å². The Kier molecular flexibility index (Phi) is 5.43. The normalized spacial score (nSPS) is 14.6. The molecule has 5 rings (SSSR count). The topological polar surface area (TPSA) is 47.0 Å². The lowest BCUT2D eigenvalue weighted by molar-refractivity contribution is 0.0964. The molecule has 4 aromatic rings. The summed E-state index contributed by atoms with van der Waals surface area (Å²) >= 11 is 3.45. The van der Waals surface area contributed by atoms with Gasteiger partial charge >= 0.3 is 0 Å². The van der Waals surface area contributed by atoms with Crippen LogP contribution in [0.25, 0.3) is 22.6 Å². The van der Waals surface area contributed by atoms with Gasteiger partial charge in [0.15, 0.2) is 0 Å². The molecule has 5 heteroatoms. The van der Waals surface area contributed by atoms with Crippen molar-refractivity contribution in [2.45, 2.75) is 13.8 Å². The number of H-pyrrole nitrogens is 1. The highest BCUT2D eigenvalue weighted by Crippen LogP contribution is 2.35. The van der Waals surface area contributed by atoms with E-state index in [1.54, 1.807) is 11.7 Å². The monoisotopic (exact) mass is 498 g/mol. The zero-order valence-electron chi connectivity index (χ0n) is 18.6. The van der Waals surface area contributed by atoms with E-state index in [-0.39, 0.29) is 5.91 Å². The highest BCUT2D eigenvalue weighted by atomic mass is 79.9. The van der Waals surface area contributed by atoms with Crippen molar-refractivity contribution in [2.75, 3.05) is 7.11 Å². The molecule has 4 nitrogen and oxygen atoms in total. The highest BCUT2D eigenvalue weighted by Gasteiger charge is 2.23. The van der Waals surface area contributed by atoms with Gasteiger partial charge in [-0.25, -0.2) is 0 Å². The fourth-order valence-electron chi connectivity index (χ4n) is 4.30. The molecule has 0 saturated heterocycles. The van der Waals surface area contributed by atoms with Crippen molar-refractivity contribution < 1.29 is 9.53 Å². The zero-order chi connectivity index (χ0) is 23.1. The van der Waals surface area contributed by atoms with Crippen molar-refractivity contribution >= 4 is 44.4 Å². The number of rotatable bonds is 4. The summed E-state index contributed by atoms with van der Waals surface area (Å²) in [5, 5.41) is 1.01. The Balaban J connectivity index is 1.66. The first-order valence-corrected chi connectivity index (χ1v) is 11.5. The molecule has 0 unspecified atom stereocenters. The first-order valence-electron chi connectivity index (χ1n) is 10.7. The number of hydrogen-bond acceptors (Lipinski definition) is 2. The number of nitrogens with zero attached hydrogens (tertiary/aromatic N) is 1. The molecular formula is C28H23BrN2O2. The lowest BCUT2D eigenvalue weighted by Gasteiger charge is -2.10. The molecule has 2 aromatic carbocycles. The van der Waals surface area contributed by atoms with Crippen LogP contribution in [-0.2, 0) is 4.74 Å². The van der Waals surface area contributed by atoms with Gasteiger partial charge in [0, 0.05) is 38.0 Å². The van der Waals surface area contributed by atoms with E-state index in [0.717, 1.165) is 49.4 Å². The van der Waals surface area contributed by atoms with Crippen LogP contribution in [0, 0.1) is 13.8 Å². The van der Waals surface area contributed by atoms with Crippen LogP contribution in [0.5, 0.6) is 0 Å². The summed E-state index contributed by atoms with van der Waals surface area (Å²) in [6.07, 6.45) is 6.17. The van der Waals surface area contributed by atoms with Gasteiger partial charge in [-0.1, -0.05) is 34.1 Å². The van der Waals surface area contributed by atoms with Crippen molar-refractivity contribution in [1.29, 1.82) is 0 Å². The van der Waals surface area contributed by atoms with Gasteiger partial charge in [-0.2, -0.15) is 0 Å². The molecule has 1 aliphatic carbocycles. The number of para-hydroxylation sites is 1. The SMILES string of the molecule is COC1=CC(c2cc3ccccc3n2C(=O)c2ccc(Br)cc2)=C/C1=C/c1[nH]c(C)cc1C. The fourth-order valence-corrected chi connectivity index (χ4v) is 4.57. The van der Waals surface area contributed by atoms with E-state index in [2.05, 4.69) is 52.1 Å². The molecule has 164 valence electrons. The van der Waals surface area contributed by atoms with Crippen LogP contribution in [0.1, 0.15) is 33.0 Å².